The van der Waals surface area contributed by atoms with Gasteiger partial charge in [-0.1, -0.05) is 0 Å². The summed E-state index contributed by atoms with van der Waals surface area (Å²) in [4.78, 5) is 14.0. The lowest BCUT2D eigenvalue weighted by Crippen LogP contribution is -2.05. The van der Waals surface area contributed by atoms with E-state index >= 15 is 0 Å². The van der Waals surface area contributed by atoms with Gasteiger partial charge in [0.05, 0.1) is 5.39 Å². The highest BCUT2D eigenvalue weighted by Crippen LogP contribution is 2.25. The third kappa shape index (κ3) is 1.76. The minimum absolute atomic E-state index is 0.658. The Hall–Kier alpha value is -1.95. The lowest BCUT2D eigenvalue weighted by molar-refractivity contribution is 0.987. The summed E-state index contributed by atoms with van der Waals surface area (Å²) < 4.78 is 1.90. The summed E-state index contributed by atoms with van der Waals surface area (Å²) in [5.74, 6) is 1.52. The average Bonchev–Trinajstić information content (AvgIpc) is 2.99. The lowest BCUT2D eigenvalue weighted by Gasteiger charge is -2.06. The minimum atomic E-state index is 0.658. The van der Waals surface area contributed by atoms with E-state index in [2.05, 4.69) is 20.3 Å². The Bertz CT molecular complexity index is 628. The van der Waals surface area contributed by atoms with Gasteiger partial charge in [0.15, 0.2) is 5.82 Å². The molecule has 5 nitrogen and oxygen atoms in total. The van der Waals surface area contributed by atoms with E-state index in [0.29, 0.717) is 5.95 Å². The zero-order chi connectivity index (χ0) is 11.7. The molecule has 0 spiro atoms. The number of nitrogens with zero attached hydrogens (tertiary/aromatic N) is 4. The molecule has 0 fully saturated rings. The number of thiophene rings is 1. The van der Waals surface area contributed by atoms with Crippen LogP contribution in [0.1, 0.15) is 6.92 Å². The van der Waals surface area contributed by atoms with Crippen molar-refractivity contribution in [2.24, 2.45) is 0 Å². The van der Waals surface area contributed by atoms with E-state index in [0.717, 1.165) is 22.6 Å². The molecule has 0 unspecified atom stereocenters. The van der Waals surface area contributed by atoms with Gasteiger partial charge in [-0.15, -0.1) is 11.3 Å². The molecular formula is C11H11N5S. The molecule has 1 N–H and O–H groups in total. The Morgan fingerprint density at radius 1 is 1.41 bits per heavy atom. The molecule has 0 saturated carbocycles. The van der Waals surface area contributed by atoms with Crippen molar-refractivity contribution in [2.45, 2.75) is 6.92 Å². The van der Waals surface area contributed by atoms with Crippen LogP contribution in [0.4, 0.5) is 5.95 Å². The Morgan fingerprint density at radius 2 is 2.35 bits per heavy atom. The van der Waals surface area contributed by atoms with Crippen LogP contribution in [-0.4, -0.2) is 26.1 Å². The first-order chi connectivity index (χ1) is 8.38. The highest BCUT2D eigenvalue weighted by molar-refractivity contribution is 7.16. The quantitative estimate of drug-likeness (QED) is 0.769. The topological polar surface area (TPSA) is 55.6 Å². The third-order valence-electron chi connectivity index (χ3n) is 2.39. The van der Waals surface area contributed by atoms with Crippen LogP contribution in [0.5, 0.6) is 0 Å². The molecule has 0 aliphatic carbocycles. The molecule has 0 atom stereocenters. The molecule has 0 bridgehead atoms. The normalized spacial score (nSPS) is 10.9. The van der Waals surface area contributed by atoms with Crippen LogP contribution in [0.15, 0.2) is 30.2 Å². The highest BCUT2D eigenvalue weighted by atomic mass is 32.1. The first-order valence-electron chi connectivity index (χ1n) is 5.36. The molecule has 3 aromatic heterocycles. The third-order valence-corrected chi connectivity index (χ3v) is 3.20. The maximum absolute atomic E-state index is 4.51. The van der Waals surface area contributed by atoms with E-state index in [1.807, 2.05) is 29.1 Å². The van der Waals surface area contributed by atoms with Gasteiger partial charge in [0, 0.05) is 18.9 Å². The number of anilines is 1. The maximum Gasteiger partial charge on any atom is 0.226 e. The number of hydrogen-bond donors (Lipinski definition) is 1. The summed E-state index contributed by atoms with van der Waals surface area (Å²) >= 11 is 1.61. The van der Waals surface area contributed by atoms with E-state index in [-0.39, 0.29) is 0 Å². The highest BCUT2D eigenvalue weighted by Gasteiger charge is 2.09. The Labute approximate surface area is 102 Å². The zero-order valence-electron chi connectivity index (χ0n) is 9.29. The smallest absolute Gasteiger partial charge is 0.226 e. The van der Waals surface area contributed by atoms with Gasteiger partial charge < -0.3 is 5.32 Å². The summed E-state index contributed by atoms with van der Waals surface area (Å²) in [5, 5.41) is 6.22. The minimum Gasteiger partial charge on any atom is -0.354 e. The van der Waals surface area contributed by atoms with Gasteiger partial charge >= 0.3 is 0 Å². The van der Waals surface area contributed by atoms with Gasteiger partial charge in [-0.2, -0.15) is 4.98 Å². The number of imidazole rings is 1. The summed E-state index contributed by atoms with van der Waals surface area (Å²) in [6.07, 6.45) is 5.37. The standard InChI is InChI=1S/C11H11N5S/c1-2-13-11-14-9(16-5-4-12-7-16)8-3-6-17-10(8)15-11/h3-7H,2H2,1H3,(H,13,14,15). The van der Waals surface area contributed by atoms with Crippen molar-refractivity contribution >= 4 is 27.5 Å². The molecule has 6 heteroatoms. The van der Waals surface area contributed by atoms with Crippen molar-refractivity contribution in [3.05, 3.63) is 30.2 Å². The molecule has 0 aromatic carbocycles. The SMILES string of the molecule is CCNc1nc(-n2ccnc2)c2ccsc2n1. The second-order valence-corrected chi connectivity index (χ2v) is 4.41. The van der Waals surface area contributed by atoms with E-state index in [9.17, 15) is 0 Å². The fraction of sp³-hybridized carbons (Fsp3) is 0.182. The predicted molar refractivity (Wildman–Crippen MR) is 68.7 cm³/mol. The fourth-order valence-electron chi connectivity index (χ4n) is 1.66. The van der Waals surface area contributed by atoms with Crippen LogP contribution in [-0.2, 0) is 0 Å². The van der Waals surface area contributed by atoms with Gasteiger partial charge in [0.2, 0.25) is 5.95 Å². The van der Waals surface area contributed by atoms with Crippen molar-refractivity contribution < 1.29 is 0 Å². The number of nitrogens with one attached hydrogen (secondary N) is 1. The van der Waals surface area contributed by atoms with Crippen LogP contribution in [0, 0.1) is 0 Å². The first kappa shape index (κ1) is 10.2. The predicted octanol–water partition coefficient (Wildman–Crippen LogP) is 2.31. The summed E-state index contributed by atoms with van der Waals surface area (Å²) in [6, 6.07) is 2.03. The second kappa shape index (κ2) is 4.14. The molecular weight excluding hydrogens is 234 g/mol. The number of fused-ring (bicyclic) bond motifs is 1. The van der Waals surface area contributed by atoms with Crippen LogP contribution >= 0.6 is 11.3 Å². The summed E-state index contributed by atoms with van der Waals surface area (Å²) in [6.45, 7) is 2.83. The van der Waals surface area contributed by atoms with E-state index < -0.39 is 0 Å². The molecule has 0 amide bonds. The van der Waals surface area contributed by atoms with Gasteiger partial charge in [-0.05, 0) is 18.4 Å². The van der Waals surface area contributed by atoms with Gasteiger partial charge in [-0.3, -0.25) is 4.57 Å². The number of hydrogen-bond acceptors (Lipinski definition) is 5. The molecule has 0 radical (unpaired) electrons. The second-order valence-electron chi connectivity index (χ2n) is 3.51. The molecule has 3 heterocycles. The molecule has 17 heavy (non-hydrogen) atoms. The van der Waals surface area contributed by atoms with E-state index in [4.69, 9.17) is 0 Å². The van der Waals surface area contributed by atoms with Crippen molar-refractivity contribution in [1.82, 2.24) is 19.5 Å². The summed E-state index contributed by atoms with van der Waals surface area (Å²) in [5.41, 5.74) is 0. The monoisotopic (exact) mass is 245 g/mol. The van der Waals surface area contributed by atoms with Crippen molar-refractivity contribution in [3.8, 4) is 5.82 Å². The average molecular weight is 245 g/mol. The lowest BCUT2D eigenvalue weighted by atomic mass is 10.4. The first-order valence-corrected chi connectivity index (χ1v) is 6.24. The molecule has 3 aromatic rings. The molecule has 3 rings (SSSR count). The van der Waals surface area contributed by atoms with Crippen LogP contribution in [0.3, 0.4) is 0 Å². The Kier molecular flexibility index (Phi) is 2.49. The van der Waals surface area contributed by atoms with E-state index in [1.54, 1.807) is 23.9 Å². The molecule has 0 aliphatic rings. The Morgan fingerprint density at radius 3 is 3.12 bits per heavy atom. The van der Waals surface area contributed by atoms with Crippen LogP contribution in [0.25, 0.3) is 16.0 Å². The number of aromatic nitrogens is 4. The molecule has 0 saturated heterocycles. The fourth-order valence-corrected chi connectivity index (χ4v) is 2.42. The van der Waals surface area contributed by atoms with Gasteiger partial charge in [0.1, 0.15) is 11.2 Å². The maximum atomic E-state index is 4.51. The number of rotatable bonds is 3. The van der Waals surface area contributed by atoms with Gasteiger partial charge in [0.25, 0.3) is 0 Å². The largest absolute Gasteiger partial charge is 0.354 e. The van der Waals surface area contributed by atoms with Crippen molar-refractivity contribution in [3.63, 3.8) is 0 Å². The van der Waals surface area contributed by atoms with Crippen molar-refractivity contribution in [1.29, 1.82) is 0 Å². The van der Waals surface area contributed by atoms with Crippen LogP contribution < -0.4 is 5.32 Å². The Balaban J connectivity index is 2.23. The molecule has 86 valence electrons. The molecule has 0 aliphatic heterocycles. The van der Waals surface area contributed by atoms with Crippen LogP contribution in [0.2, 0.25) is 0 Å². The van der Waals surface area contributed by atoms with Crippen molar-refractivity contribution in [2.75, 3.05) is 11.9 Å². The van der Waals surface area contributed by atoms with E-state index in [1.165, 1.54) is 0 Å². The summed E-state index contributed by atoms with van der Waals surface area (Å²) in [7, 11) is 0. The van der Waals surface area contributed by atoms with Gasteiger partial charge in [-0.25, -0.2) is 9.97 Å². The zero-order valence-corrected chi connectivity index (χ0v) is 10.1.